The molecule has 0 spiro atoms. The van der Waals surface area contributed by atoms with Crippen molar-refractivity contribution in [1.29, 1.82) is 0 Å². The van der Waals surface area contributed by atoms with Gasteiger partial charge in [0, 0.05) is 25.1 Å². The number of nitrogens with zero attached hydrogens (tertiary/aromatic N) is 2. The van der Waals surface area contributed by atoms with E-state index in [4.69, 9.17) is 4.52 Å². The Morgan fingerprint density at radius 3 is 2.81 bits per heavy atom. The molecule has 3 atom stereocenters. The van der Waals surface area contributed by atoms with Crippen molar-refractivity contribution in [3.8, 4) is 0 Å². The zero-order chi connectivity index (χ0) is 19.0. The maximum absolute atomic E-state index is 5.72. The quantitative estimate of drug-likeness (QED) is 0.835. The predicted octanol–water partition coefficient (Wildman–Crippen LogP) is 4.02. The van der Waals surface area contributed by atoms with Gasteiger partial charge in [-0.25, -0.2) is 5.43 Å². The molecule has 27 heavy (non-hydrogen) atoms. The van der Waals surface area contributed by atoms with Crippen LogP contribution in [0.1, 0.15) is 72.8 Å². The number of nitrogens with one attached hydrogen (secondary N) is 2. The molecule has 2 aliphatic rings. The summed E-state index contributed by atoms with van der Waals surface area (Å²) in [6, 6.07) is 9.73. The highest BCUT2D eigenvalue weighted by Crippen LogP contribution is 2.36. The van der Waals surface area contributed by atoms with E-state index in [-0.39, 0.29) is 0 Å². The maximum atomic E-state index is 5.72. The van der Waals surface area contributed by atoms with E-state index in [0.29, 0.717) is 23.9 Å². The standard InChI is InChI=1S/C22H32N4O/c1-14(2)19-11-21(27-25-19)20-6-5-9-26(20)13-18-12-23-24-22(18)17-8-7-15(3)16(4)10-17/h7-8,10-11,14,18,20,22-24H,5-6,9,12-13H2,1-4H3. The van der Waals surface area contributed by atoms with Gasteiger partial charge in [-0.1, -0.05) is 37.2 Å². The summed E-state index contributed by atoms with van der Waals surface area (Å²) in [5.41, 5.74) is 12.1. The van der Waals surface area contributed by atoms with Gasteiger partial charge >= 0.3 is 0 Å². The van der Waals surface area contributed by atoms with Crippen LogP contribution in [-0.2, 0) is 0 Å². The van der Waals surface area contributed by atoms with Crippen LogP contribution < -0.4 is 10.9 Å². The summed E-state index contributed by atoms with van der Waals surface area (Å²) in [5.74, 6) is 1.99. The number of hydrazine groups is 1. The molecule has 3 unspecified atom stereocenters. The van der Waals surface area contributed by atoms with E-state index in [2.05, 4.69) is 72.9 Å². The Kier molecular flexibility index (Phi) is 5.35. The molecule has 0 radical (unpaired) electrons. The van der Waals surface area contributed by atoms with E-state index in [1.165, 1.54) is 23.1 Å². The van der Waals surface area contributed by atoms with Crippen molar-refractivity contribution in [2.24, 2.45) is 5.92 Å². The first-order valence-electron chi connectivity index (χ1n) is 10.3. The fraction of sp³-hybridized carbons (Fsp3) is 0.591. The second kappa shape index (κ2) is 7.74. The van der Waals surface area contributed by atoms with E-state index in [0.717, 1.165) is 37.5 Å². The summed E-state index contributed by atoms with van der Waals surface area (Å²) < 4.78 is 5.72. The molecule has 146 valence electrons. The first-order chi connectivity index (χ1) is 13.0. The minimum Gasteiger partial charge on any atom is -0.359 e. The summed E-state index contributed by atoms with van der Waals surface area (Å²) in [7, 11) is 0. The molecule has 2 aromatic rings. The fourth-order valence-electron chi connectivity index (χ4n) is 4.42. The van der Waals surface area contributed by atoms with Gasteiger partial charge in [-0.2, -0.15) is 0 Å². The lowest BCUT2D eigenvalue weighted by Crippen LogP contribution is -2.32. The highest BCUT2D eigenvalue weighted by atomic mass is 16.5. The van der Waals surface area contributed by atoms with E-state index < -0.39 is 0 Å². The molecule has 4 rings (SSSR count). The highest BCUT2D eigenvalue weighted by molar-refractivity contribution is 5.32. The van der Waals surface area contributed by atoms with Gasteiger partial charge in [0.05, 0.1) is 17.8 Å². The minimum absolute atomic E-state index is 0.353. The van der Waals surface area contributed by atoms with Crippen LogP contribution in [-0.4, -0.2) is 29.7 Å². The maximum Gasteiger partial charge on any atom is 0.154 e. The van der Waals surface area contributed by atoms with Crippen molar-refractivity contribution in [2.75, 3.05) is 19.6 Å². The molecule has 2 N–H and O–H groups in total. The Morgan fingerprint density at radius 2 is 2.07 bits per heavy atom. The summed E-state index contributed by atoms with van der Waals surface area (Å²) >= 11 is 0. The van der Waals surface area contributed by atoms with Gasteiger partial charge in [0.2, 0.25) is 0 Å². The Morgan fingerprint density at radius 1 is 1.22 bits per heavy atom. The zero-order valence-electron chi connectivity index (χ0n) is 17.0. The molecule has 0 bridgehead atoms. The van der Waals surface area contributed by atoms with Crippen molar-refractivity contribution in [3.05, 3.63) is 52.4 Å². The second-order valence-corrected chi connectivity index (χ2v) is 8.57. The van der Waals surface area contributed by atoms with Crippen molar-refractivity contribution in [2.45, 2.75) is 58.5 Å². The summed E-state index contributed by atoms with van der Waals surface area (Å²) in [4.78, 5) is 2.60. The van der Waals surface area contributed by atoms with Crippen LogP contribution in [0.3, 0.4) is 0 Å². The molecule has 0 saturated carbocycles. The molecule has 5 nitrogen and oxygen atoms in total. The van der Waals surface area contributed by atoms with E-state index in [1.54, 1.807) is 0 Å². The molecule has 5 heteroatoms. The van der Waals surface area contributed by atoms with Crippen molar-refractivity contribution < 1.29 is 4.52 Å². The van der Waals surface area contributed by atoms with Crippen LogP contribution in [0.25, 0.3) is 0 Å². The molecule has 2 saturated heterocycles. The molecular formula is C22H32N4O. The molecule has 0 aliphatic carbocycles. The van der Waals surface area contributed by atoms with E-state index in [9.17, 15) is 0 Å². The first kappa shape index (κ1) is 18.7. The normalized spacial score (nSPS) is 26.3. The fourth-order valence-corrected chi connectivity index (χ4v) is 4.42. The van der Waals surface area contributed by atoms with E-state index in [1.807, 2.05) is 0 Å². The topological polar surface area (TPSA) is 53.3 Å². The van der Waals surface area contributed by atoms with Crippen molar-refractivity contribution >= 4 is 0 Å². The lowest BCUT2D eigenvalue weighted by atomic mass is 9.92. The van der Waals surface area contributed by atoms with Crippen molar-refractivity contribution in [1.82, 2.24) is 20.9 Å². The van der Waals surface area contributed by atoms with Crippen LogP contribution in [0.15, 0.2) is 28.8 Å². The molecule has 1 aromatic heterocycles. The lowest BCUT2D eigenvalue weighted by molar-refractivity contribution is 0.182. The van der Waals surface area contributed by atoms with Gasteiger partial charge in [0.25, 0.3) is 0 Å². The monoisotopic (exact) mass is 368 g/mol. The summed E-state index contributed by atoms with van der Waals surface area (Å²) in [6.07, 6.45) is 2.39. The third-order valence-corrected chi connectivity index (χ3v) is 6.28. The average molecular weight is 369 g/mol. The molecule has 3 heterocycles. The van der Waals surface area contributed by atoms with Gasteiger partial charge < -0.3 is 4.52 Å². The Bertz CT molecular complexity index is 784. The van der Waals surface area contributed by atoms with Crippen LogP contribution >= 0.6 is 0 Å². The van der Waals surface area contributed by atoms with Crippen LogP contribution in [0.2, 0.25) is 0 Å². The number of benzene rings is 1. The Hall–Kier alpha value is -1.69. The number of hydrogen-bond donors (Lipinski definition) is 2. The van der Waals surface area contributed by atoms with Gasteiger partial charge in [-0.3, -0.25) is 10.3 Å². The lowest BCUT2D eigenvalue weighted by Gasteiger charge is -2.28. The smallest absolute Gasteiger partial charge is 0.154 e. The van der Waals surface area contributed by atoms with Crippen LogP contribution in [0.5, 0.6) is 0 Å². The number of aryl methyl sites for hydroxylation is 2. The molecule has 1 aromatic carbocycles. The van der Waals surface area contributed by atoms with Crippen LogP contribution in [0.4, 0.5) is 0 Å². The van der Waals surface area contributed by atoms with Crippen LogP contribution in [0, 0.1) is 19.8 Å². The van der Waals surface area contributed by atoms with Gasteiger partial charge in [0.15, 0.2) is 5.76 Å². The largest absolute Gasteiger partial charge is 0.359 e. The van der Waals surface area contributed by atoms with E-state index >= 15 is 0 Å². The number of aromatic nitrogens is 1. The third-order valence-electron chi connectivity index (χ3n) is 6.28. The SMILES string of the molecule is Cc1ccc(C2NNCC2CN2CCCC2c2cc(C(C)C)no2)cc1C. The molecular weight excluding hydrogens is 336 g/mol. The number of rotatable bonds is 5. The average Bonchev–Trinajstić information content (AvgIpc) is 3.37. The first-order valence-corrected chi connectivity index (χ1v) is 10.3. The Balaban J connectivity index is 1.48. The Labute approximate surface area is 162 Å². The van der Waals surface area contributed by atoms with Gasteiger partial charge in [0.1, 0.15) is 0 Å². The summed E-state index contributed by atoms with van der Waals surface area (Å²) in [6.45, 7) is 11.9. The molecule has 0 amide bonds. The highest BCUT2D eigenvalue weighted by Gasteiger charge is 2.35. The minimum atomic E-state index is 0.353. The third kappa shape index (κ3) is 3.82. The number of hydrogen-bond acceptors (Lipinski definition) is 5. The second-order valence-electron chi connectivity index (χ2n) is 8.57. The van der Waals surface area contributed by atoms with Gasteiger partial charge in [-0.05, 0) is 55.8 Å². The number of likely N-dealkylation sites (tertiary alicyclic amines) is 1. The predicted molar refractivity (Wildman–Crippen MR) is 107 cm³/mol. The van der Waals surface area contributed by atoms with Crippen molar-refractivity contribution in [3.63, 3.8) is 0 Å². The molecule has 2 fully saturated rings. The molecule has 2 aliphatic heterocycles. The zero-order valence-corrected chi connectivity index (χ0v) is 17.0. The summed E-state index contributed by atoms with van der Waals surface area (Å²) in [5, 5.41) is 4.28. The van der Waals surface area contributed by atoms with Gasteiger partial charge in [-0.15, -0.1) is 0 Å².